The third-order valence-electron chi connectivity index (χ3n) is 4.34. The fraction of sp³-hybridized carbons (Fsp3) is 0.278. The number of thioether (sulfide) groups is 1. The lowest BCUT2D eigenvalue weighted by atomic mass is 10.1. The van der Waals surface area contributed by atoms with Crippen molar-refractivity contribution in [3.05, 3.63) is 50.7 Å². The van der Waals surface area contributed by atoms with E-state index in [2.05, 4.69) is 10.3 Å². The second kappa shape index (κ2) is 7.47. The molecule has 3 aromatic rings. The summed E-state index contributed by atoms with van der Waals surface area (Å²) in [6.07, 6.45) is 0. The van der Waals surface area contributed by atoms with Crippen LogP contribution >= 0.6 is 11.8 Å². The number of benzene rings is 1. The highest BCUT2D eigenvalue weighted by Crippen LogP contribution is 2.20. The summed E-state index contributed by atoms with van der Waals surface area (Å²) >= 11 is 1.16. The van der Waals surface area contributed by atoms with E-state index < -0.39 is 11.2 Å². The van der Waals surface area contributed by atoms with Crippen molar-refractivity contribution >= 4 is 40.3 Å². The molecule has 9 nitrogen and oxygen atoms in total. The molecule has 0 aliphatic carbocycles. The number of hydrogen-bond acceptors (Lipinski definition) is 6. The molecule has 0 spiro atoms. The molecule has 0 fully saturated rings. The Labute approximate surface area is 164 Å². The Morgan fingerprint density at radius 3 is 2.29 bits per heavy atom. The quantitative estimate of drug-likeness (QED) is 0.503. The highest BCUT2D eigenvalue weighted by atomic mass is 32.2. The van der Waals surface area contributed by atoms with Crippen molar-refractivity contribution in [2.75, 3.05) is 11.1 Å². The SMILES string of the molecule is CC(=O)c1ccc(NC(=O)CSc2nc3c(c(=O)n(C)c(=O)n3C)n2C)cc1. The van der Waals surface area contributed by atoms with Gasteiger partial charge in [0.15, 0.2) is 22.1 Å². The van der Waals surface area contributed by atoms with Gasteiger partial charge in [-0.05, 0) is 31.2 Å². The molecule has 0 saturated heterocycles. The Balaban J connectivity index is 1.77. The minimum Gasteiger partial charge on any atom is -0.325 e. The number of ketones is 1. The zero-order chi connectivity index (χ0) is 20.6. The zero-order valence-corrected chi connectivity index (χ0v) is 16.7. The average molecular weight is 401 g/mol. The number of Topliss-reactive ketones (excluding diaryl/α,β-unsaturated/α-hetero) is 1. The Kier molecular flexibility index (Phi) is 5.23. The van der Waals surface area contributed by atoms with Gasteiger partial charge in [-0.3, -0.25) is 23.5 Å². The molecule has 0 unspecified atom stereocenters. The minimum atomic E-state index is -0.459. The first kappa shape index (κ1) is 19.6. The third-order valence-corrected chi connectivity index (χ3v) is 5.37. The maximum Gasteiger partial charge on any atom is 0.332 e. The number of nitrogens with zero attached hydrogens (tertiary/aromatic N) is 4. The van der Waals surface area contributed by atoms with Gasteiger partial charge in [0.2, 0.25) is 5.91 Å². The third kappa shape index (κ3) is 3.50. The second-order valence-electron chi connectivity index (χ2n) is 6.30. The van der Waals surface area contributed by atoms with Crippen molar-refractivity contribution < 1.29 is 9.59 Å². The van der Waals surface area contributed by atoms with Crippen LogP contribution in [0.4, 0.5) is 5.69 Å². The summed E-state index contributed by atoms with van der Waals surface area (Å²) in [5, 5.41) is 3.20. The molecule has 2 heterocycles. The fourth-order valence-corrected chi connectivity index (χ4v) is 3.51. The first-order valence-electron chi connectivity index (χ1n) is 8.36. The number of anilines is 1. The lowest BCUT2D eigenvalue weighted by Gasteiger charge is -2.06. The van der Waals surface area contributed by atoms with Crippen LogP contribution in [0.5, 0.6) is 0 Å². The van der Waals surface area contributed by atoms with E-state index >= 15 is 0 Å². The number of amides is 1. The predicted octanol–water partition coefficient (Wildman–Crippen LogP) is 0.904. The summed E-state index contributed by atoms with van der Waals surface area (Å²) in [4.78, 5) is 52.3. The molecular formula is C18H19N5O4S. The van der Waals surface area contributed by atoms with Crippen LogP contribution in [0, 0.1) is 0 Å². The molecule has 10 heteroatoms. The number of carbonyl (C=O) groups excluding carboxylic acids is 2. The number of rotatable bonds is 5. The number of carbonyl (C=O) groups is 2. The average Bonchev–Trinajstić information content (AvgIpc) is 3.00. The first-order valence-corrected chi connectivity index (χ1v) is 9.35. The van der Waals surface area contributed by atoms with E-state index in [9.17, 15) is 19.2 Å². The number of fused-ring (bicyclic) bond motifs is 1. The van der Waals surface area contributed by atoms with Crippen molar-refractivity contribution in [3.8, 4) is 0 Å². The number of aromatic nitrogens is 4. The molecule has 1 amide bonds. The van der Waals surface area contributed by atoms with E-state index in [-0.39, 0.29) is 23.1 Å². The molecule has 3 rings (SSSR count). The van der Waals surface area contributed by atoms with Gasteiger partial charge in [0.25, 0.3) is 5.56 Å². The highest BCUT2D eigenvalue weighted by molar-refractivity contribution is 7.99. The lowest BCUT2D eigenvalue weighted by Crippen LogP contribution is -2.37. The van der Waals surface area contributed by atoms with Crippen LogP contribution in [-0.2, 0) is 25.9 Å². The molecular weight excluding hydrogens is 382 g/mol. The Morgan fingerprint density at radius 2 is 1.68 bits per heavy atom. The van der Waals surface area contributed by atoms with Gasteiger partial charge in [0.05, 0.1) is 5.75 Å². The van der Waals surface area contributed by atoms with Gasteiger partial charge in [-0.25, -0.2) is 9.78 Å². The van der Waals surface area contributed by atoms with Gasteiger partial charge < -0.3 is 9.88 Å². The minimum absolute atomic E-state index is 0.0455. The summed E-state index contributed by atoms with van der Waals surface area (Å²) in [5.74, 6) is -0.231. The van der Waals surface area contributed by atoms with Crippen LogP contribution in [0.25, 0.3) is 11.2 Å². The Hall–Kier alpha value is -3.14. The molecule has 146 valence electrons. The van der Waals surface area contributed by atoms with Gasteiger partial charge in [0.1, 0.15) is 0 Å². The molecule has 0 aliphatic heterocycles. The normalized spacial score (nSPS) is 11.0. The zero-order valence-electron chi connectivity index (χ0n) is 15.8. The second-order valence-corrected chi connectivity index (χ2v) is 7.24. The monoisotopic (exact) mass is 401 g/mol. The molecule has 1 N–H and O–H groups in total. The fourth-order valence-electron chi connectivity index (χ4n) is 2.74. The summed E-state index contributed by atoms with van der Waals surface area (Å²) in [6.45, 7) is 1.48. The number of nitrogens with one attached hydrogen (secondary N) is 1. The molecule has 0 aliphatic rings. The van der Waals surface area contributed by atoms with Gasteiger partial charge in [-0.15, -0.1) is 0 Å². The largest absolute Gasteiger partial charge is 0.332 e. The Morgan fingerprint density at radius 1 is 1.04 bits per heavy atom. The summed E-state index contributed by atoms with van der Waals surface area (Å²) in [7, 11) is 4.62. The van der Waals surface area contributed by atoms with E-state index in [1.807, 2.05) is 0 Å². The lowest BCUT2D eigenvalue weighted by molar-refractivity contribution is -0.113. The van der Waals surface area contributed by atoms with E-state index in [1.165, 1.54) is 18.5 Å². The van der Waals surface area contributed by atoms with Crippen LogP contribution < -0.4 is 16.6 Å². The molecule has 0 radical (unpaired) electrons. The summed E-state index contributed by atoms with van der Waals surface area (Å²) in [5.41, 5.74) is 0.829. The number of hydrogen-bond donors (Lipinski definition) is 1. The standard InChI is InChI=1S/C18H19N5O4S/c1-10(24)11-5-7-12(8-6-11)19-13(25)9-28-17-20-15-14(21(17)2)16(26)23(4)18(27)22(15)3/h5-8H,9H2,1-4H3,(H,19,25). The van der Waals surface area contributed by atoms with E-state index in [0.717, 1.165) is 16.3 Å². The van der Waals surface area contributed by atoms with Gasteiger partial charge >= 0.3 is 5.69 Å². The molecule has 0 atom stereocenters. The van der Waals surface area contributed by atoms with Crippen molar-refractivity contribution in [1.29, 1.82) is 0 Å². The molecule has 2 aromatic heterocycles. The van der Waals surface area contributed by atoms with Crippen LogP contribution in [0.15, 0.2) is 39.0 Å². The summed E-state index contributed by atoms with van der Waals surface area (Å²) < 4.78 is 3.91. The van der Waals surface area contributed by atoms with Gasteiger partial charge in [-0.1, -0.05) is 11.8 Å². The van der Waals surface area contributed by atoms with E-state index in [1.54, 1.807) is 42.9 Å². The maximum atomic E-state index is 12.4. The van der Waals surface area contributed by atoms with E-state index in [4.69, 9.17) is 0 Å². The first-order chi connectivity index (χ1) is 13.2. The van der Waals surface area contributed by atoms with Gasteiger partial charge in [-0.2, -0.15) is 0 Å². The van der Waals surface area contributed by atoms with Crippen LogP contribution in [0.3, 0.4) is 0 Å². The van der Waals surface area contributed by atoms with Gasteiger partial charge in [0, 0.05) is 32.4 Å². The molecule has 0 saturated carbocycles. The molecule has 1 aromatic carbocycles. The summed E-state index contributed by atoms with van der Waals surface area (Å²) in [6, 6.07) is 6.61. The van der Waals surface area contributed by atoms with Crippen molar-refractivity contribution in [3.63, 3.8) is 0 Å². The molecule has 0 bridgehead atoms. The van der Waals surface area contributed by atoms with E-state index in [0.29, 0.717) is 21.9 Å². The van der Waals surface area contributed by atoms with Crippen LogP contribution in [0.2, 0.25) is 0 Å². The topological polar surface area (TPSA) is 108 Å². The number of aryl methyl sites for hydroxylation is 2. The van der Waals surface area contributed by atoms with Crippen molar-refractivity contribution in [1.82, 2.24) is 18.7 Å². The maximum absolute atomic E-state index is 12.4. The van der Waals surface area contributed by atoms with Crippen LogP contribution in [0.1, 0.15) is 17.3 Å². The van der Waals surface area contributed by atoms with Crippen molar-refractivity contribution in [2.24, 2.45) is 21.1 Å². The van der Waals surface area contributed by atoms with Crippen LogP contribution in [-0.4, -0.2) is 36.1 Å². The highest BCUT2D eigenvalue weighted by Gasteiger charge is 2.18. The number of imidazole rings is 1. The molecule has 28 heavy (non-hydrogen) atoms. The van der Waals surface area contributed by atoms with Crippen molar-refractivity contribution in [2.45, 2.75) is 12.1 Å². The Bertz CT molecular complexity index is 1200. The smallest absolute Gasteiger partial charge is 0.325 e. The predicted molar refractivity (Wildman–Crippen MR) is 107 cm³/mol.